The Kier molecular flexibility index (Phi) is 4.08. The van der Waals surface area contributed by atoms with Gasteiger partial charge in [-0.1, -0.05) is 6.92 Å². The van der Waals surface area contributed by atoms with Crippen LogP contribution in [0.25, 0.3) is 11.0 Å². The van der Waals surface area contributed by atoms with Gasteiger partial charge in [0.1, 0.15) is 11.6 Å². The predicted molar refractivity (Wildman–Crippen MR) is 83.8 cm³/mol. The van der Waals surface area contributed by atoms with Crippen LogP contribution in [0, 0.1) is 0 Å². The van der Waals surface area contributed by atoms with Crippen LogP contribution in [0.4, 0.5) is 10.6 Å². The van der Waals surface area contributed by atoms with Crippen LogP contribution >= 0.6 is 0 Å². The number of nitrogens with zero attached hydrogens (tertiary/aromatic N) is 5. The minimum absolute atomic E-state index is 0.00249. The van der Waals surface area contributed by atoms with Gasteiger partial charge in [0.15, 0.2) is 5.65 Å². The Morgan fingerprint density at radius 3 is 3.00 bits per heavy atom. The van der Waals surface area contributed by atoms with Gasteiger partial charge in [-0.25, -0.2) is 14.8 Å². The number of carbonyl (C=O) groups excluding carboxylic acids is 1. The first-order valence-electron chi connectivity index (χ1n) is 7.64. The van der Waals surface area contributed by atoms with Gasteiger partial charge in [0.25, 0.3) is 0 Å². The van der Waals surface area contributed by atoms with E-state index in [4.69, 9.17) is 0 Å². The third-order valence-corrected chi connectivity index (χ3v) is 3.73. The lowest BCUT2D eigenvalue weighted by Gasteiger charge is -2.15. The molecule has 8 heteroatoms. The first kappa shape index (κ1) is 14.6. The van der Waals surface area contributed by atoms with Gasteiger partial charge >= 0.3 is 6.03 Å². The highest BCUT2D eigenvalue weighted by atomic mass is 16.2. The van der Waals surface area contributed by atoms with Crippen LogP contribution < -0.4 is 10.6 Å². The Hall–Kier alpha value is -2.38. The number of nitrogens with one attached hydrogen (secondary N) is 2. The average Bonchev–Trinajstić information content (AvgIpc) is 3.07. The molecule has 0 aliphatic carbocycles. The maximum absolute atomic E-state index is 11.5. The molecule has 3 heterocycles. The summed E-state index contributed by atoms with van der Waals surface area (Å²) < 4.78 is 1.76. The van der Waals surface area contributed by atoms with Crippen molar-refractivity contribution in [2.45, 2.75) is 19.8 Å². The van der Waals surface area contributed by atoms with E-state index in [1.807, 2.05) is 7.05 Å². The fraction of sp³-hybridized carbons (Fsp3) is 0.571. The number of urea groups is 1. The topological polar surface area (TPSA) is 88.0 Å². The molecule has 2 aromatic heterocycles. The molecule has 2 N–H and O–H groups in total. The van der Waals surface area contributed by atoms with Crippen LogP contribution in [0.1, 0.15) is 19.2 Å². The van der Waals surface area contributed by atoms with Crippen LogP contribution in [-0.4, -0.2) is 56.9 Å². The molecule has 0 spiro atoms. The number of fused-ring (bicyclic) bond motifs is 1. The summed E-state index contributed by atoms with van der Waals surface area (Å²) in [5.74, 6) is 1.61. The molecule has 2 amide bonds. The Balaban J connectivity index is 1.75. The fourth-order valence-electron chi connectivity index (χ4n) is 2.57. The van der Waals surface area contributed by atoms with Crippen molar-refractivity contribution in [1.29, 1.82) is 0 Å². The van der Waals surface area contributed by atoms with Gasteiger partial charge < -0.3 is 15.5 Å². The van der Waals surface area contributed by atoms with Crippen molar-refractivity contribution in [1.82, 2.24) is 30.0 Å². The minimum atomic E-state index is 0.00249. The molecule has 1 fully saturated rings. The van der Waals surface area contributed by atoms with E-state index in [9.17, 15) is 4.79 Å². The normalized spacial score (nSPS) is 14.6. The molecular formula is C14H21N7O. The Labute approximate surface area is 128 Å². The van der Waals surface area contributed by atoms with Crippen molar-refractivity contribution >= 4 is 22.9 Å². The van der Waals surface area contributed by atoms with Gasteiger partial charge in [-0.05, 0) is 6.42 Å². The Morgan fingerprint density at radius 2 is 2.27 bits per heavy atom. The second-order valence-electron chi connectivity index (χ2n) is 5.39. The Bertz CT molecular complexity index is 681. The van der Waals surface area contributed by atoms with Crippen molar-refractivity contribution in [2.75, 3.05) is 31.5 Å². The van der Waals surface area contributed by atoms with Crippen LogP contribution in [-0.2, 0) is 13.5 Å². The van der Waals surface area contributed by atoms with Crippen LogP contribution in [0.2, 0.25) is 0 Å². The lowest BCUT2D eigenvalue weighted by molar-refractivity contribution is 0.219. The largest absolute Gasteiger partial charge is 0.368 e. The van der Waals surface area contributed by atoms with E-state index < -0.39 is 0 Å². The van der Waals surface area contributed by atoms with E-state index in [1.54, 1.807) is 15.8 Å². The number of hydrogen-bond acceptors (Lipinski definition) is 5. The van der Waals surface area contributed by atoms with Crippen molar-refractivity contribution in [3.8, 4) is 0 Å². The quantitative estimate of drug-likeness (QED) is 0.822. The molecule has 0 unspecified atom stereocenters. The summed E-state index contributed by atoms with van der Waals surface area (Å²) in [6.45, 7) is 4.89. The fourth-order valence-corrected chi connectivity index (χ4v) is 2.57. The number of aryl methyl sites for hydroxylation is 2. The lowest BCUT2D eigenvalue weighted by Crippen LogP contribution is -2.32. The van der Waals surface area contributed by atoms with Crippen LogP contribution in [0.5, 0.6) is 0 Å². The first-order valence-corrected chi connectivity index (χ1v) is 7.64. The van der Waals surface area contributed by atoms with Crippen molar-refractivity contribution in [3.05, 3.63) is 12.0 Å². The van der Waals surface area contributed by atoms with Gasteiger partial charge in [-0.2, -0.15) is 5.10 Å². The third-order valence-electron chi connectivity index (χ3n) is 3.73. The standard InChI is InChI=1S/C14H21N7O/c1-3-4-11-18-12(10-9-17-20(2)13(10)19-11)15-5-7-21-8-6-16-14(21)22/h9H,3-8H2,1-2H3,(H,16,22)(H,15,18,19). The molecule has 1 aliphatic rings. The smallest absolute Gasteiger partial charge is 0.317 e. The molecule has 0 radical (unpaired) electrons. The monoisotopic (exact) mass is 303 g/mol. The predicted octanol–water partition coefficient (Wildman–Crippen LogP) is 0.753. The molecule has 1 saturated heterocycles. The van der Waals surface area contributed by atoms with E-state index in [0.717, 1.165) is 48.6 Å². The first-order chi connectivity index (χ1) is 10.7. The Morgan fingerprint density at radius 1 is 1.41 bits per heavy atom. The summed E-state index contributed by atoms with van der Waals surface area (Å²) in [5, 5.41) is 11.3. The van der Waals surface area contributed by atoms with Gasteiger partial charge in [-0.3, -0.25) is 4.68 Å². The van der Waals surface area contributed by atoms with Gasteiger partial charge in [-0.15, -0.1) is 0 Å². The molecule has 0 bridgehead atoms. The number of amides is 2. The van der Waals surface area contributed by atoms with Crippen LogP contribution in [0.3, 0.4) is 0 Å². The maximum atomic E-state index is 11.5. The molecular weight excluding hydrogens is 282 g/mol. The van der Waals surface area contributed by atoms with Gasteiger partial charge in [0.05, 0.1) is 11.6 Å². The zero-order valence-electron chi connectivity index (χ0n) is 13.0. The molecule has 0 aromatic carbocycles. The van der Waals surface area contributed by atoms with E-state index in [1.165, 1.54) is 0 Å². The second-order valence-corrected chi connectivity index (χ2v) is 5.39. The number of aromatic nitrogens is 4. The molecule has 2 aromatic rings. The molecule has 22 heavy (non-hydrogen) atoms. The number of rotatable bonds is 6. The maximum Gasteiger partial charge on any atom is 0.317 e. The molecule has 0 atom stereocenters. The van der Waals surface area contributed by atoms with Gasteiger partial charge in [0.2, 0.25) is 0 Å². The summed E-state index contributed by atoms with van der Waals surface area (Å²) in [6, 6.07) is 0.00249. The highest BCUT2D eigenvalue weighted by Gasteiger charge is 2.18. The SMILES string of the molecule is CCCc1nc(NCCN2CCNC2=O)c2cnn(C)c2n1. The van der Waals surface area contributed by atoms with E-state index in [-0.39, 0.29) is 6.03 Å². The van der Waals surface area contributed by atoms with Gasteiger partial charge in [0, 0.05) is 39.6 Å². The van der Waals surface area contributed by atoms with Crippen molar-refractivity contribution < 1.29 is 4.79 Å². The average molecular weight is 303 g/mol. The summed E-state index contributed by atoms with van der Waals surface area (Å²) >= 11 is 0. The molecule has 1 aliphatic heterocycles. The van der Waals surface area contributed by atoms with Crippen molar-refractivity contribution in [2.24, 2.45) is 7.05 Å². The van der Waals surface area contributed by atoms with Crippen LogP contribution in [0.15, 0.2) is 6.20 Å². The summed E-state index contributed by atoms with van der Waals surface area (Å²) in [5.41, 5.74) is 0.833. The number of anilines is 1. The lowest BCUT2D eigenvalue weighted by atomic mass is 10.3. The summed E-state index contributed by atoms with van der Waals surface area (Å²) in [7, 11) is 1.88. The molecule has 3 rings (SSSR count). The molecule has 8 nitrogen and oxygen atoms in total. The van der Waals surface area contributed by atoms with E-state index >= 15 is 0 Å². The van der Waals surface area contributed by atoms with Crippen molar-refractivity contribution in [3.63, 3.8) is 0 Å². The third kappa shape index (κ3) is 2.81. The highest BCUT2D eigenvalue weighted by molar-refractivity contribution is 5.86. The minimum Gasteiger partial charge on any atom is -0.368 e. The van der Waals surface area contributed by atoms with E-state index in [0.29, 0.717) is 13.1 Å². The number of hydrogen-bond donors (Lipinski definition) is 2. The zero-order chi connectivity index (χ0) is 15.5. The highest BCUT2D eigenvalue weighted by Crippen LogP contribution is 2.19. The molecule has 0 saturated carbocycles. The van der Waals surface area contributed by atoms with E-state index in [2.05, 4.69) is 32.6 Å². The number of carbonyl (C=O) groups is 1. The second kappa shape index (κ2) is 6.17. The summed E-state index contributed by atoms with van der Waals surface area (Å²) in [4.78, 5) is 22.5. The zero-order valence-corrected chi connectivity index (χ0v) is 13.0. The molecule has 118 valence electrons. The summed E-state index contributed by atoms with van der Waals surface area (Å²) in [6.07, 6.45) is 3.61.